The second-order valence-electron chi connectivity index (χ2n) is 7.53. The molecule has 0 saturated heterocycles. The average molecular weight is 534 g/mol. The smallest absolute Gasteiger partial charge is 0.417 e. The van der Waals surface area contributed by atoms with Crippen molar-refractivity contribution in [3.8, 4) is 23.0 Å². The first-order valence-corrected chi connectivity index (χ1v) is 11.7. The zero-order valence-corrected chi connectivity index (χ0v) is 19.7. The summed E-state index contributed by atoms with van der Waals surface area (Å²) in [6.45, 7) is 0.121. The van der Waals surface area contributed by atoms with Gasteiger partial charge in [-0.05, 0) is 53.7 Å². The highest BCUT2D eigenvalue weighted by Gasteiger charge is 2.34. The first-order chi connectivity index (χ1) is 17.3. The maximum Gasteiger partial charge on any atom is 0.417 e. The fourth-order valence-corrected chi connectivity index (χ4v) is 4.53. The Balaban J connectivity index is 1.39. The van der Waals surface area contributed by atoms with Crippen molar-refractivity contribution in [2.75, 3.05) is 12.1 Å². The van der Waals surface area contributed by atoms with Crippen molar-refractivity contribution in [3.05, 3.63) is 82.9 Å². The maximum absolute atomic E-state index is 13.2. The minimum Gasteiger partial charge on any atom is -0.454 e. The molecule has 1 N–H and O–H groups in total. The van der Waals surface area contributed by atoms with Crippen molar-refractivity contribution in [2.24, 2.45) is 0 Å². The van der Waals surface area contributed by atoms with E-state index in [0.717, 1.165) is 23.9 Å². The molecule has 3 aromatic carbocycles. The molecule has 0 spiro atoms. The van der Waals surface area contributed by atoms with Crippen LogP contribution >= 0.6 is 23.4 Å². The highest BCUT2D eigenvalue weighted by Crippen LogP contribution is 2.40. The molecule has 0 fully saturated rings. The van der Waals surface area contributed by atoms with Crippen molar-refractivity contribution < 1.29 is 31.9 Å². The summed E-state index contributed by atoms with van der Waals surface area (Å²) in [4.78, 5) is 13.2. The molecule has 0 bridgehead atoms. The van der Waals surface area contributed by atoms with E-state index in [-0.39, 0.29) is 23.6 Å². The van der Waals surface area contributed by atoms with Crippen LogP contribution in [-0.4, -0.2) is 22.9 Å². The van der Waals surface area contributed by atoms with Gasteiger partial charge in [0.1, 0.15) is 5.25 Å². The van der Waals surface area contributed by atoms with Gasteiger partial charge in [-0.2, -0.15) is 13.2 Å². The van der Waals surface area contributed by atoms with Crippen LogP contribution in [0.3, 0.4) is 0 Å². The molecule has 1 aromatic heterocycles. The molecule has 2 heterocycles. The third-order valence-electron chi connectivity index (χ3n) is 5.12. The SMILES string of the molecule is O=C(Nc1ccc(Cl)c(C(F)(F)F)c1)C(Sc1nnc(-c2ccc3c(c2)OCO3)o1)c1ccccc1. The number of halogens is 4. The summed E-state index contributed by atoms with van der Waals surface area (Å²) in [5, 5.41) is 9.33. The highest BCUT2D eigenvalue weighted by molar-refractivity contribution is 8.00. The number of nitrogens with zero attached hydrogens (tertiary/aromatic N) is 2. The third-order valence-corrected chi connectivity index (χ3v) is 6.54. The third kappa shape index (κ3) is 5.12. The fraction of sp³-hybridized carbons (Fsp3) is 0.125. The summed E-state index contributed by atoms with van der Waals surface area (Å²) in [5.41, 5.74) is 0.0916. The van der Waals surface area contributed by atoms with Gasteiger partial charge in [0.2, 0.25) is 18.6 Å². The molecular weight excluding hydrogens is 519 g/mol. The van der Waals surface area contributed by atoms with Gasteiger partial charge in [-0.15, -0.1) is 10.2 Å². The van der Waals surface area contributed by atoms with E-state index in [0.29, 0.717) is 22.6 Å². The predicted molar refractivity (Wildman–Crippen MR) is 126 cm³/mol. The number of aromatic nitrogens is 2. The van der Waals surface area contributed by atoms with E-state index >= 15 is 0 Å². The van der Waals surface area contributed by atoms with Gasteiger partial charge in [0, 0.05) is 11.3 Å². The molecule has 1 amide bonds. The maximum atomic E-state index is 13.2. The van der Waals surface area contributed by atoms with Crippen LogP contribution in [0.5, 0.6) is 11.5 Å². The Morgan fingerprint density at radius 3 is 2.56 bits per heavy atom. The largest absolute Gasteiger partial charge is 0.454 e. The summed E-state index contributed by atoms with van der Waals surface area (Å²) in [5.74, 6) is 0.771. The van der Waals surface area contributed by atoms with Gasteiger partial charge in [0.15, 0.2) is 11.5 Å². The summed E-state index contributed by atoms with van der Waals surface area (Å²) in [6, 6.07) is 17.0. The monoisotopic (exact) mass is 533 g/mol. The summed E-state index contributed by atoms with van der Waals surface area (Å²) < 4.78 is 56.2. The number of anilines is 1. The lowest BCUT2D eigenvalue weighted by Gasteiger charge is -2.16. The number of hydrogen-bond donors (Lipinski definition) is 1. The fourth-order valence-electron chi connectivity index (χ4n) is 3.43. The van der Waals surface area contributed by atoms with Crippen molar-refractivity contribution in [1.29, 1.82) is 0 Å². The topological polar surface area (TPSA) is 86.5 Å². The molecule has 12 heteroatoms. The number of alkyl halides is 3. The molecule has 1 aliphatic heterocycles. The zero-order chi connectivity index (χ0) is 25.3. The lowest BCUT2D eigenvalue weighted by Crippen LogP contribution is -2.19. The van der Waals surface area contributed by atoms with E-state index in [2.05, 4.69) is 15.5 Å². The van der Waals surface area contributed by atoms with E-state index in [1.807, 2.05) is 0 Å². The number of carbonyl (C=O) groups is 1. The van der Waals surface area contributed by atoms with Crippen molar-refractivity contribution >= 4 is 35.0 Å². The number of nitrogens with one attached hydrogen (secondary N) is 1. The van der Waals surface area contributed by atoms with E-state index in [4.69, 9.17) is 25.5 Å². The van der Waals surface area contributed by atoms with Gasteiger partial charge < -0.3 is 19.2 Å². The minimum atomic E-state index is -4.67. The molecule has 0 saturated carbocycles. The Morgan fingerprint density at radius 2 is 1.78 bits per heavy atom. The van der Waals surface area contributed by atoms with Gasteiger partial charge in [0.25, 0.3) is 5.22 Å². The second kappa shape index (κ2) is 9.75. The van der Waals surface area contributed by atoms with E-state index < -0.39 is 27.9 Å². The highest BCUT2D eigenvalue weighted by atomic mass is 35.5. The Hall–Kier alpha value is -3.70. The van der Waals surface area contributed by atoms with E-state index in [1.165, 1.54) is 6.07 Å². The van der Waals surface area contributed by atoms with Crippen LogP contribution in [0.1, 0.15) is 16.4 Å². The summed E-state index contributed by atoms with van der Waals surface area (Å²) in [7, 11) is 0. The minimum absolute atomic E-state index is 0.0511. The number of carbonyl (C=O) groups excluding carboxylic acids is 1. The number of fused-ring (bicyclic) bond motifs is 1. The lowest BCUT2D eigenvalue weighted by atomic mass is 10.1. The quantitative estimate of drug-likeness (QED) is 0.279. The molecule has 0 radical (unpaired) electrons. The van der Waals surface area contributed by atoms with Crippen LogP contribution in [0.4, 0.5) is 18.9 Å². The van der Waals surface area contributed by atoms with E-state index in [1.54, 1.807) is 48.5 Å². The number of thioether (sulfide) groups is 1. The number of amides is 1. The molecule has 1 aliphatic rings. The van der Waals surface area contributed by atoms with Gasteiger partial charge in [-0.25, -0.2) is 0 Å². The number of benzene rings is 3. The zero-order valence-electron chi connectivity index (χ0n) is 18.1. The summed E-state index contributed by atoms with van der Waals surface area (Å²) >= 11 is 6.65. The Bertz CT molecular complexity index is 1420. The van der Waals surface area contributed by atoms with Crippen LogP contribution in [-0.2, 0) is 11.0 Å². The molecule has 7 nitrogen and oxygen atoms in total. The standard InChI is InChI=1S/C24H15ClF3N3O4S/c25-17-8-7-15(11-16(17)24(26,27)28)29-21(32)20(13-4-2-1-3-5-13)36-23-31-30-22(35-23)14-6-9-18-19(10-14)34-12-33-18/h1-11,20H,12H2,(H,29,32). The molecule has 4 aromatic rings. The van der Waals surface area contributed by atoms with Crippen LogP contribution in [0.25, 0.3) is 11.5 Å². The Labute approximate surface area is 211 Å². The number of ether oxygens (including phenoxy) is 2. The van der Waals surface area contributed by atoms with Crippen molar-refractivity contribution in [2.45, 2.75) is 16.6 Å². The number of rotatable bonds is 6. The molecule has 0 aliphatic carbocycles. The Kier molecular flexibility index (Phi) is 6.50. The van der Waals surface area contributed by atoms with Crippen molar-refractivity contribution in [3.63, 3.8) is 0 Å². The van der Waals surface area contributed by atoms with Gasteiger partial charge in [0.05, 0.1) is 10.6 Å². The lowest BCUT2D eigenvalue weighted by molar-refractivity contribution is -0.137. The molecule has 1 atom stereocenters. The molecule has 5 rings (SSSR count). The number of hydrogen-bond acceptors (Lipinski definition) is 7. The van der Waals surface area contributed by atoms with Crippen molar-refractivity contribution in [1.82, 2.24) is 10.2 Å². The summed E-state index contributed by atoms with van der Waals surface area (Å²) in [6.07, 6.45) is -4.67. The van der Waals surface area contributed by atoms with E-state index in [9.17, 15) is 18.0 Å². The van der Waals surface area contributed by atoms with Gasteiger partial charge in [-0.3, -0.25) is 4.79 Å². The van der Waals surface area contributed by atoms with Crippen LogP contribution in [0.2, 0.25) is 5.02 Å². The first kappa shape index (κ1) is 24.0. The average Bonchev–Trinajstić information content (AvgIpc) is 3.52. The predicted octanol–water partition coefficient (Wildman–Crippen LogP) is 6.61. The second-order valence-corrected chi connectivity index (χ2v) is 8.99. The normalized spacial score (nSPS) is 13.4. The molecule has 184 valence electrons. The van der Waals surface area contributed by atoms with Crippen LogP contribution < -0.4 is 14.8 Å². The van der Waals surface area contributed by atoms with Crippen LogP contribution in [0, 0.1) is 0 Å². The molecule has 1 unspecified atom stereocenters. The van der Waals surface area contributed by atoms with Gasteiger partial charge in [-0.1, -0.05) is 41.9 Å². The molecular formula is C24H15ClF3N3O4S. The first-order valence-electron chi connectivity index (χ1n) is 10.4. The van der Waals surface area contributed by atoms with Gasteiger partial charge >= 0.3 is 6.18 Å². The Morgan fingerprint density at radius 1 is 1.00 bits per heavy atom. The van der Waals surface area contributed by atoms with Crippen LogP contribution in [0.15, 0.2) is 76.4 Å². The molecule has 36 heavy (non-hydrogen) atoms.